The Morgan fingerprint density at radius 3 is 2.17 bits per heavy atom. The number of hydrogen-bond donors (Lipinski definition) is 2. The zero-order chi connectivity index (χ0) is 16.5. The van der Waals surface area contributed by atoms with Gasteiger partial charge in [-0.25, -0.2) is 0 Å². The van der Waals surface area contributed by atoms with E-state index in [-0.39, 0.29) is 11.8 Å². The summed E-state index contributed by atoms with van der Waals surface area (Å²) in [6.07, 6.45) is 1.60. The summed E-state index contributed by atoms with van der Waals surface area (Å²) < 4.78 is 0. The Bertz CT molecular complexity index is 499. The summed E-state index contributed by atoms with van der Waals surface area (Å²) in [5.41, 5.74) is 6.15. The van der Waals surface area contributed by atoms with Gasteiger partial charge in [0.2, 0.25) is 11.8 Å². The van der Waals surface area contributed by atoms with Crippen LogP contribution in [0.4, 0.5) is 5.69 Å². The van der Waals surface area contributed by atoms with Crippen LogP contribution in [-0.4, -0.2) is 49.4 Å². The summed E-state index contributed by atoms with van der Waals surface area (Å²) in [6, 6.07) is 10.4. The highest BCUT2D eigenvalue weighted by Crippen LogP contribution is 2.15. The highest BCUT2D eigenvalue weighted by Gasteiger charge is 2.17. The number of carbonyl (C=O) groups is 2. The van der Waals surface area contributed by atoms with Crippen LogP contribution in [0.15, 0.2) is 30.3 Å². The molecule has 2 amide bonds. The average Bonchev–Trinajstić information content (AvgIpc) is 2.59. The van der Waals surface area contributed by atoms with Crippen LogP contribution in [0.3, 0.4) is 0 Å². The Morgan fingerprint density at radius 2 is 1.57 bits per heavy atom. The first kappa shape index (κ1) is 17.3. The fourth-order valence-corrected chi connectivity index (χ4v) is 2.62. The first-order valence-electron chi connectivity index (χ1n) is 8.29. The predicted molar refractivity (Wildman–Crippen MR) is 90.9 cm³/mol. The van der Waals surface area contributed by atoms with Gasteiger partial charge in [0.05, 0.1) is 0 Å². The predicted octanol–water partition coefficient (Wildman–Crippen LogP) is 1.15. The van der Waals surface area contributed by atoms with E-state index in [1.807, 2.05) is 13.0 Å². The summed E-state index contributed by atoms with van der Waals surface area (Å²) in [6.45, 7) is 6.49. The first-order chi connectivity index (χ1) is 11.2. The van der Waals surface area contributed by atoms with E-state index in [2.05, 4.69) is 44.9 Å². The normalized spacial score (nSPS) is 15.3. The molecule has 2 rings (SSSR count). The van der Waals surface area contributed by atoms with Crippen molar-refractivity contribution in [3.8, 4) is 0 Å². The Balaban J connectivity index is 1.63. The summed E-state index contributed by atoms with van der Waals surface area (Å²) in [5, 5.41) is 0. The Morgan fingerprint density at radius 1 is 0.957 bits per heavy atom. The van der Waals surface area contributed by atoms with Gasteiger partial charge in [-0.15, -0.1) is 0 Å². The molecule has 0 spiro atoms. The van der Waals surface area contributed by atoms with Crippen LogP contribution in [0.2, 0.25) is 0 Å². The van der Waals surface area contributed by atoms with Gasteiger partial charge in [0.25, 0.3) is 0 Å². The number of benzene rings is 1. The van der Waals surface area contributed by atoms with E-state index in [0.717, 1.165) is 39.1 Å². The van der Waals surface area contributed by atoms with Crippen LogP contribution in [0.25, 0.3) is 0 Å². The average molecular weight is 318 g/mol. The third-order valence-electron chi connectivity index (χ3n) is 3.97. The van der Waals surface area contributed by atoms with Gasteiger partial charge in [-0.1, -0.05) is 25.1 Å². The van der Waals surface area contributed by atoms with Crippen LogP contribution in [-0.2, 0) is 9.59 Å². The van der Waals surface area contributed by atoms with Gasteiger partial charge < -0.3 is 4.90 Å². The minimum Gasteiger partial charge on any atom is -0.369 e. The van der Waals surface area contributed by atoms with E-state index in [9.17, 15) is 9.59 Å². The monoisotopic (exact) mass is 318 g/mol. The first-order valence-corrected chi connectivity index (χ1v) is 8.29. The maximum atomic E-state index is 11.7. The molecule has 2 N–H and O–H groups in total. The van der Waals surface area contributed by atoms with Gasteiger partial charge in [-0.05, 0) is 18.6 Å². The molecule has 0 atom stereocenters. The highest BCUT2D eigenvalue weighted by atomic mass is 16.2. The van der Waals surface area contributed by atoms with Gasteiger partial charge in [-0.3, -0.25) is 25.3 Å². The van der Waals surface area contributed by atoms with E-state index < -0.39 is 0 Å². The van der Waals surface area contributed by atoms with Crippen molar-refractivity contribution < 1.29 is 9.59 Å². The van der Waals surface area contributed by atoms with Crippen molar-refractivity contribution in [3.05, 3.63) is 30.3 Å². The van der Waals surface area contributed by atoms with Crippen molar-refractivity contribution >= 4 is 17.5 Å². The lowest BCUT2D eigenvalue weighted by atomic mass is 10.2. The quantitative estimate of drug-likeness (QED) is 0.772. The topological polar surface area (TPSA) is 64.7 Å². The van der Waals surface area contributed by atoms with Gasteiger partial charge in [0.15, 0.2) is 0 Å². The van der Waals surface area contributed by atoms with Crippen molar-refractivity contribution in [1.29, 1.82) is 0 Å². The standard InChI is InChI=1S/C17H26N4O2/c1-2-6-16(22)18-19-17(23)9-10-20-11-13-21(14-12-20)15-7-4-3-5-8-15/h3-5,7-8H,2,6,9-14H2,1H3,(H,18,22)(H,19,23). The van der Waals surface area contributed by atoms with Crippen LogP contribution in [0.1, 0.15) is 26.2 Å². The smallest absolute Gasteiger partial charge is 0.239 e. The summed E-state index contributed by atoms with van der Waals surface area (Å²) in [4.78, 5) is 27.6. The van der Waals surface area contributed by atoms with Gasteiger partial charge in [0.1, 0.15) is 0 Å². The van der Waals surface area contributed by atoms with E-state index >= 15 is 0 Å². The number of rotatable bonds is 6. The Labute approximate surface area is 137 Å². The van der Waals surface area contributed by atoms with Gasteiger partial charge in [-0.2, -0.15) is 0 Å². The molecule has 0 aromatic heterocycles. The number of piperazine rings is 1. The fraction of sp³-hybridized carbons (Fsp3) is 0.529. The van der Waals surface area contributed by atoms with E-state index in [0.29, 0.717) is 12.8 Å². The minimum atomic E-state index is -0.141. The number of para-hydroxylation sites is 1. The second kappa shape index (κ2) is 9.15. The molecule has 0 saturated carbocycles. The fourth-order valence-electron chi connectivity index (χ4n) is 2.62. The third kappa shape index (κ3) is 5.90. The number of amides is 2. The molecule has 0 unspecified atom stereocenters. The van der Waals surface area contributed by atoms with E-state index in [1.54, 1.807) is 0 Å². The molecule has 126 valence electrons. The minimum absolute atomic E-state index is 0.139. The summed E-state index contributed by atoms with van der Waals surface area (Å²) in [7, 11) is 0. The van der Waals surface area contributed by atoms with Gasteiger partial charge in [0, 0.05) is 51.3 Å². The second-order valence-corrected chi connectivity index (χ2v) is 5.76. The number of carbonyl (C=O) groups excluding carboxylic acids is 2. The van der Waals surface area contributed by atoms with Crippen molar-refractivity contribution in [2.45, 2.75) is 26.2 Å². The molecular formula is C17H26N4O2. The molecule has 0 radical (unpaired) electrons. The van der Waals surface area contributed by atoms with E-state index in [1.165, 1.54) is 5.69 Å². The lowest BCUT2D eigenvalue weighted by Crippen LogP contribution is -2.48. The largest absolute Gasteiger partial charge is 0.369 e. The van der Waals surface area contributed by atoms with Crippen LogP contribution < -0.4 is 15.8 Å². The summed E-state index contributed by atoms with van der Waals surface area (Å²) >= 11 is 0. The Kier molecular flexibility index (Phi) is 6.87. The lowest BCUT2D eigenvalue weighted by Gasteiger charge is -2.36. The maximum absolute atomic E-state index is 11.7. The van der Waals surface area contributed by atoms with Crippen molar-refractivity contribution in [2.75, 3.05) is 37.6 Å². The summed E-state index contributed by atoms with van der Waals surface area (Å²) in [5.74, 6) is -0.280. The highest BCUT2D eigenvalue weighted by molar-refractivity contribution is 5.81. The van der Waals surface area contributed by atoms with E-state index in [4.69, 9.17) is 0 Å². The molecule has 1 heterocycles. The maximum Gasteiger partial charge on any atom is 0.239 e. The number of nitrogens with one attached hydrogen (secondary N) is 2. The number of anilines is 1. The number of hydrogen-bond acceptors (Lipinski definition) is 4. The molecule has 1 saturated heterocycles. The molecular weight excluding hydrogens is 292 g/mol. The lowest BCUT2D eigenvalue weighted by molar-refractivity contribution is -0.129. The number of nitrogens with zero attached hydrogens (tertiary/aromatic N) is 2. The van der Waals surface area contributed by atoms with Crippen LogP contribution >= 0.6 is 0 Å². The van der Waals surface area contributed by atoms with Crippen molar-refractivity contribution in [1.82, 2.24) is 15.8 Å². The van der Waals surface area contributed by atoms with Crippen LogP contribution in [0.5, 0.6) is 0 Å². The molecule has 1 aromatic carbocycles. The zero-order valence-corrected chi connectivity index (χ0v) is 13.8. The molecule has 1 aliphatic heterocycles. The van der Waals surface area contributed by atoms with Gasteiger partial charge >= 0.3 is 0 Å². The second-order valence-electron chi connectivity index (χ2n) is 5.76. The van der Waals surface area contributed by atoms with Crippen molar-refractivity contribution in [3.63, 3.8) is 0 Å². The molecule has 1 aromatic rings. The zero-order valence-electron chi connectivity index (χ0n) is 13.8. The molecule has 0 aliphatic carbocycles. The molecule has 6 heteroatoms. The molecule has 1 fully saturated rings. The SMILES string of the molecule is CCCC(=O)NNC(=O)CCN1CCN(c2ccccc2)CC1. The number of hydrazine groups is 1. The molecule has 23 heavy (non-hydrogen) atoms. The van der Waals surface area contributed by atoms with Crippen molar-refractivity contribution in [2.24, 2.45) is 0 Å². The molecule has 0 bridgehead atoms. The molecule has 1 aliphatic rings. The third-order valence-corrected chi connectivity index (χ3v) is 3.97. The van der Waals surface area contributed by atoms with Crippen LogP contribution in [0, 0.1) is 0 Å². The molecule has 6 nitrogen and oxygen atoms in total. The Hall–Kier alpha value is -2.08.